The van der Waals surface area contributed by atoms with E-state index in [1.165, 1.54) is 11.9 Å². The predicted octanol–water partition coefficient (Wildman–Crippen LogP) is 2.84. The average molecular weight is 488 g/mol. The van der Waals surface area contributed by atoms with Gasteiger partial charge in [0, 0.05) is 55.8 Å². The molecule has 2 aromatic carbocycles. The van der Waals surface area contributed by atoms with Crippen molar-refractivity contribution in [2.45, 2.75) is 19.9 Å². The van der Waals surface area contributed by atoms with Gasteiger partial charge in [-0.2, -0.15) is 5.53 Å². The minimum atomic E-state index is -0.143. The zero-order valence-electron chi connectivity index (χ0n) is 20.4. The molecular weight excluding hydrogens is 456 g/mol. The van der Waals surface area contributed by atoms with Gasteiger partial charge < -0.3 is 15.0 Å². The molecule has 0 unspecified atom stereocenters. The van der Waals surface area contributed by atoms with E-state index in [9.17, 15) is 4.79 Å². The number of fused-ring (bicyclic) bond motifs is 1. The number of piperazine rings is 1. The van der Waals surface area contributed by atoms with Crippen LogP contribution in [0.3, 0.4) is 0 Å². The van der Waals surface area contributed by atoms with Gasteiger partial charge in [-0.05, 0) is 54.4 Å². The lowest BCUT2D eigenvalue weighted by Gasteiger charge is -2.34. The number of ether oxygens (including phenoxy) is 1. The number of urea groups is 1. The third kappa shape index (κ3) is 5.50. The Balaban J connectivity index is 1.17. The molecule has 36 heavy (non-hydrogen) atoms. The number of nitrogens with two attached hydrogens (primary N) is 1. The number of carbonyl (C=O) groups is 1. The SMILES string of the molecule is CCN1CCN(Cc2ccc(NC(=O)N3CCc4cc(Oc5cc(N=[NH2+])ncn5)ccc43)cc2)CC1. The number of aromatic nitrogens is 2. The fraction of sp³-hybridized carbons (Fsp3) is 0.346. The van der Waals surface area contributed by atoms with Crippen molar-refractivity contribution in [3.63, 3.8) is 0 Å². The summed E-state index contributed by atoms with van der Waals surface area (Å²) in [7, 11) is 0. The van der Waals surface area contributed by atoms with Crippen molar-refractivity contribution in [3.8, 4) is 11.6 Å². The molecule has 0 atom stereocenters. The third-order valence-electron chi connectivity index (χ3n) is 6.70. The molecule has 10 nitrogen and oxygen atoms in total. The average Bonchev–Trinajstić information content (AvgIpc) is 3.34. The van der Waals surface area contributed by atoms with Crippen LogP contribution in [0.15, 0.2) is 60.0 Å². The quantitative estimate of drug-likeness (QED) is 0.496. The minimum absolute atomic E-state index is 0.143. The third-order valence-corrected chi connectivity index (χ3v) is 6.70. The van der Waals surface area contributed by atoms with Crippen LogP contribution in [0, 0.1) is 0 Å². The summed E-state index contributed by atoms with van der Waals surface area (Å²) < 4.78 is 5.82. The van der Waals surface area contributed by atoms with E-state index in [4.69, 9.17) is 10.3 Å². The lowest BCUT2D eigenvalue weighted by atomic mass is 10.1. The Morgan fingerprint density at radius 2 is 1.81 bits per heavy atom. The van der Waals surface area contributed by atoms with Crippen LogP contribution in [0.1, 0.15) is 18.1 Å². The highest BCUT2D eigenvalue weighted by Gasteiger charge is 2.25. The zero-order chi connectivity index (χ0) is 24.9. The molecule has 2 aliphatic heterocycles. The maximum absolute atomic E-state index is 13.0. The first-order chi connectivity index (χ1) is 17.6. The van der Waals surface area contributed by atoms with E-state index >= 15 is 0 Å². The van der Waals surface area contributed by atoms with Crippen LogP contribution in [-0.4, -0.2) is 65.1 Å². The Hall–Kier alpha value is -3.89. The number of rotatable bonds is 7. The second kappa shape index (κ2) is 10.8. The maximum Gasteiger partial charge on any atom is 0.326 e. The van der Waals surface area contributed by atoms with Crippen LogP contribution in [0.25, 0.3) is 0 Å². The van der Waals surface area contributed by atoms with Gasteiger partial charge in [0.1, 0.15) is 12.1 Å². The second-order valence-electron chi connectivity index (χ2n) is 8.98. The number of hydrogen-bond acceptors (Lipinski definition) is 7. The first kappa shape index (κ1) is 23.8. The van der Waals surface area contributed by atoms with Crippen molar-refractivity contribution in [3.05, 3.63) is 66.0 Å². The highest BCUT2D eigenvalue weighted by molar-refractivity contribution is 6.03. The van der Waals surface area contributed by atoms with Crippen LogP contribution in [0.2, 0.25) is 0 Å². The van der Waals surface area contributed by atoms with Gasteiger partial charge in [-0.15, -0.1) is 0 Å². The van der Waals surface area contributed by atoms with Crippen LogP contribution in [0.5, 0.6) is 11.6 Å². The topological polar surface area (TPSA) is 112 Å². The monoisotopic (exact) mass is 487 g/mol. The number of nitrogens with zero attached hydrogens (tertiary/aromatic N) is 6. The van der Waals surface area contributed by atoms with E-state index < -0.39 is 0 Å². The summed E-state index contributed by atoms with van der Waals surface area (Å²) in [4.78, 5) is 27.7. The number of nitrogens with one attached hydrogen (secondary N) is 1. The van der Waals surface area contributed by atoms with E-state index in [0.29, 0.717) is 24.0 Å². The molecule has 0 spiro atoms. The fourth-order valence-corrected chi connectivity index (χ4v) is 4.64. The molecule has 2 amide bonds. The first-order valence-electron chi connectivity index (χ1n) is 12.3. The standard InChI is InChI=1S/C26H30N8O2/c1-2-32-11-13-33(14-12-32)17-19-3-5-21(6-4-19)30-26(35)34-10-9-20-15-22(7-8-23(20)34)36-25-16-24(31-27)28-18-29-25/h3-8,15-16,18,27H,2,9-14,17H2,1H3,(H,30,35)/p+1. The molecule has 1 aromatic heterocycles. The van der Waals surface area contributed by atoms with E-state index in [-0.39, 0.29) is 6.03 Å². The highest BCUT2D eigenvalue weighted by Crippen LogP contribution is 2.33. The summed E-state index contributed by atoms with van der Waals surface area (Å²) in [6, 6.07) is 15.2. The van der Waals surface area contributed by atoms with E-state index in [1.54, 1.807) is 11.0 Å². The van der Waals surface area contributed by atoms with Gasteiger partial charge in [0.05, 0.1) is 6.07 Å². The van der Waals surface area contributed by atoms with Crippen LogP contribution in [-0.2, 0) is 13.0 Å². The summed E-state index contributed by atoms with van der Waals surface area (Å²) in [5.74, 6) is 1.32. The van der Waals surface area contributed by atoms with Crippen molar-refractivity contribution >= 4 is 23.2 Å². The molecule has 1 fully saturated rings. The summed E-state index contributed by atoms with van der Waals surface area (Å²) in [6.45, 7) is 9.32. The zero-order valence-corrected chi connectivity index (χ0v) is 20.4. The number of carbonyl (C=O) groups excluding carboxylic acids is 1. The molecule has 0 bridgehead atoms. The van der Waals surface area contributed by atoms with Crippen molar-refractivity contribution < 1.29 is 15.1 Å². The molecule has 186 valence electrons. The number of benzene rings is 2. The van der Waals surface area contributed by atoms with Crippen LogP contribution < -0.4 is 20.5 Å². The van der Waals surface area contributed by atoms with Gasteiger partial charge in [0.15, 0.2) is 0 Å². The Morgan fingerprint density at radius 1 is 1.03 bits per heavy atom. The van der Waals surface area contributed by atoms with E-state index in [1.807, 2.05) is 30.3 Å². The summed E-state index contributed by atoms with van der Waals surface area (Å²) in [6.07, 6.45) is 2.10. The van der Waals surface area contributed by atoms with Crippen molar-refractivity contribution in [1.82, 2.24) is 19.8 Å². The molecule has 3 heterocycles. The molecule has 2 aliphatic rings. The molecular formula is C26H31N8O2+. The molecule has 0 radical (unpaired) electrons. The Bertz CT molecular complexity index is 1220. The summed E-state index contributed by atoms with van der Waals surface area (Å²) >= 11 is 0. The van der Waals surface area contributed by atoms with E-state index in [0.717, 1.165) is 62.6 Å². The molecule has 5 rings (SSSR count). The van der Waals surface area contributed by atoms with E-state index in [2.05, 4.69) is 49.3 Å². The van der Waals surface area contributed by atoms with Gasteiger partial charge >= 0.3 is 6.03 Å². The molecule has 3 aromatic rings. The van der Waals surface area contributed by atoms with Crippen molar-refractivity contribution in [1.29, 1.82) is 0 Å². The van der Waals surface area contributed by atoms with Gasteiger partial charge in [-0.1, -0.05) is 19.1 Å². The summed E-state index contributed by atoms with van der Waals surface area (Å²) in [5.41, 5.74) is 9.24. The fourth-order valence-electron chi connectivity index (χ4n) is 4.64. The lowest BCUT2D eigenvalue weighted by molar-refractivity contribution is -0.211. The Morgan fingerprint density at radius 3 is 2.56 bits per heavy atom. The maximum atomic E-state index is 13.0. The van der Waals surface area contributed by atoms with Gasteiger partial charge in [-0.3, -0.25) is 9.80 Å². The number of amides is 2. The van der Waals surface area contributed by atoms with Crippen molar-refractivity contribution in [2.75, 3.05) is 49.5 Å². The minimum Gasteiger partial charge on any atom is -0.439 e. The van der Waals surface area contributed by atoms with Crippen molar-refractivity contribution in [2.24, 2.45) is 5.11 Å². The lowest BCUT2D eigenvalue weighted by Crippen LogP contribution is -2.45. The molecule has 1 saturated heterocycles. The number of hydrogen-bond donors (Lipinski definition) is 2. The van der Waals surface area contributed by atoms with Gasteiger partial charge in [-0.25, -0.2) is 14.8 Å². The largest absolute Gasteiger partial charge is 0.439 e. The number of anilines is 2. The summed E-state index contributed by atoms with van der Waals surface area (Å²) in [5, 5.41) is 6.58. The Labute approximate surface area is 210 Å². The van der Waals surface area contributed by atoms with Crippen LogP contribution >= 0.6 is 0 Å². The Kier molecular flexibility index (Phi) is 7.15. The number of likely N-dealkylation sites (N-methyl/N-ethyl adjacent to an activating group) is 1. The van der Waals surface area contributed by atoms with Gasteiger partial charge in [0.25, 0.3) is 0 Å². The van der Waals surface area contributed by atoms with Gasteiger partial charge in [0.2, 0.25) is 11.7 Å². The molecule has 3 N–H and O–H groups in total. The second-order valence-corrected chi connectivity index (χ2v) is 8.98. The smallest absolute Gasteiger partial charge is 0.326 e. The molecule has 10 heteroatoms. The molecule has 0 aliphatic carbocycles. The first-order valence-corrected chi connectivity index (χ1v) is 12.3. The highest BCUT2D eigenvalue weighted by atomic mass is 16.5. The van der Waals surface area contributed by atoms with Crippen LogP contribution in [0.4, 0.5) is 22.0 Å². The predicted molar refractivity (Wildman–Crippen MR) is 136 cm³/mol. The molecule has 0 saturated carbocycles. The normalized spacial score (nSPS) is 16.0.